The number of hydrogen-bond acceptors (Lipinski definition) is 4. The lowest BCUT2D eigenvalue weighted by Crippen LogP contribution is -2.32. The highest BCUT2D eigenvalue weighted by Crippen LogP contribution is 2.42. The van der Waals surface area contributed by atoms with Gasteiger partial charge in [-0.1, -0.05) is 18.2 Å². The molecule has 9 heteroatoms. The maximum atomic E-state index is 14.1. The molecule has 1 aliphatic heterocycles. The van der Waals surface area contributed by atoms with E-state index >= 15 is 0 Å². The molecule has 0 unspecified atom stereocenters. The Hall–Kier alpha value is -3.88. The number of imidazole rings is 1. The third-order valence-corrected chi connectivity index (χ3v) is 5.53. The normalized spacial score (nSPS) is 15.9. The number of nitrogens with zero attached hydrogens (tertiary/aromatic N) is 4. The molecule has 0 amide bonds. The molecule has 3 heterocycles. The molecule has 2 aromatic carbocycles. The first kappa shape index (κ1) is 19.1. The van der Waals surface area contributed by atoms with E-state index in [2.05, 4.69) is 10.1 Å². The summed E-state index contributed by atoms with van der Waals surface area (Å²) in [6.45, 7) is 0.318. The Labute approximate surface area is 173 Å². The van der Waals surface area contributed by atoms with Crippen LogP contribution in [-0.2, 0) is 6.54 Å². The first-order valence-corrected chi connectivity index (χ1v) is 9.46. The van der Waals surface area contributed by atoms with Gasteiger partial charge in [0.15, 0.2) is 23.2 Å². The summed E-state index contributed by atoms with van der Waals surface area (Å²) in [6.07, 6.45) is 4.22. The molecule has 0 bridgehead atoms. The van der Waals surface area contributed by atoms with Crippen LogP contribution in [0.5, 0.6) is 5.75 Å². The molecule has 4 aromatic rings. The van der Waals surface area contributed by atoms with Crippen molar-refractivity contribution >= 4 is 0 Å². The second-order valence-electron chi connectivity index (χ2n) is 7.32. The van der Waals surface area contributed by atoms with Crippen molar-refractivity contribution in [2.75, 3.05) is 0 Å². The topological polar surface area (TPSA) is 72.9 Å². The number of fused-ring (bicyclic) bond motifs is 3. The van der Waals surface area contributed by atoms with Crippen molar-refractivity contribution < 1.29 is 18.3 Å². The van der Waals surface area contributed by atoms with Crippen molar-refractivity contribution in [2.24, 2.45) is 0 Å². The second-order valence-corrected chi connectivity index (χ2v) is 7.32. The Kier molecular flexibility index (Phi) is 4.39. The predicted molar refractivity (Wildman–Crippen MR) is 105 cm³/mol. The third-order valence-electron chi connectivity index (χ3n) is 5.53. The minimum Gasteiger partial charge on any atom is -0.503 e. The van der Waals surface area contributed by atoms with Gasteiger partial charge < -0.3 is 9.67 Å². The molecule has 2 atom stereocenters. The molecule has 0 radical (unpaired) electrons. The largest absolute Gasteiger partial charge is 0.503 e. The van der Waals surface area contributed by atoms with Crippen LogP contribution in [0.15, 0.2) is 65.8 Å². The third kappa shape index (κ3) is 3.09. The van der Waals surface area contributed by atoms with Gasteiger partial charge in [-0.05, 0) is 35.4 Å². The SMILES string of the molecule is O=c1cnn2c(c1O)-c1nccn1C[C@@H]2[C@@H](c1ccc(F)cc1)c1ccc(F)c(F)c1. The van der Waals surface area contributed by atoms with E-state index in [4.69, 9.17) is 0 Å². The van der Waals surface area contributed by atoms with Crippen LogP contribution in [0.25, 0.3) is 11.5 Å². The van der Waals surface area contributed by atoms with E-state index in [-0.39, 0.29) is 5.69 Å². The fraction of sp³-hybridized carbons (Fsp3) is 0.136. The first-order valence-electron chi connectivity index (χ1n) is 9.46. The predicted octanol–water partition coefficient (Wildman–Crippen LogP) is 3.62. The second kappa shape index (κ2) is 7.12. The van der Waals surface area contributed by atoms with Crippen LogP contribution < -0.4 is 5.43 Å². The first-order chi connectivity index (χ1) is 14.9. The van der Waals surface area contributed by atoms with Gasteiger partial charge in [0.25, 0.3) is 0 Å². The maximum Gasteiger partial charge on any atom is 0.242 e. The molecule has 0 spiro atoms. The molecule has 6 nitrogen and oxygen atoms in total. The quantitative estimate of drug-likeness (QED) is 0.545. The minimum atomic E-state index is -1.01. The van der Waals surface area contributed by atoms with Gasteiger partial charge in [-0.2, -0.15) is 5.10 Å². The highest BCUT2D eigenvalue weighted by molar-refractivity contribution is 5.60. The highest BCUT2D eigenvalue weighted by atomic mass is 19.2. The molecule has 0 fully saturated rings. The molecular weight excluding hydrogens is 409 g/mol. The number of rotatable bonds is 3. The van der Waals surface area contributed by atoms with Crippen LogP contribution in [0.4, 0.5) is 13.2 Å². The van der Waals surface area contributed by atoms with Gasteiger partial charge in [-0.3, -0.25) is 9.48 Å². The highest BCUT2D eigenvalue weighted by Gasteiger charge is 2.35. The van der Waals surface area contributed by atoms with E-state index in [0.29, 0.717) is 23.5 Å². The van der Waals surface area contributed by atoms with Gasteiger partial charge in [0.1, 0.15) is 11.5 Å². The van der Waals surface area contributed by atoms with E-state index in [1.54, 1.807) is 22.9 Å². The van der Waals surface area contributed by atoms with E-state index in [9.17, 15) is 23.1 Å². The Morgan fingerprint density at radius 1 is 1.03 bits per heavy atom. The lowest BCUT2D eigenvalue weighted by atomic mass is 9.84. The average molecular weight is 424 g/mol. The zero-order valence-electron chi connectivity index (χ0n) is 15.9. The Morgan fingerprint density at radius 2 is 1.77 bits per heavy atom. The van der Waals surface area contributed by atoms with Crippen molar-refractivity contribution in [1.82, 2.24) is 19.3 Å². The fourth-order valence-electron chi connectivity index (χ4n) is 4.13. The number of halogens is 3. The van der Waals surface area contributed by atoms with Gasteiger partial charge in [0.05, 0.1) is 12.2 Å². The Morgan fingerprint density at radius 3 is 2.52 bits per heavy atom. The molecule has 0 saturated carbocycles. The lowest BCUT2D eigenvalue weighted by Gasteiger charge is -2.34. The molecule has 1 aliphatic rings. The van der Waals surface area contributed by atoms with Crippen molar-refractivity contribution in [3.63, 3.8) is 0 Å². The van der Waals surface area contributed by atoms with Crippen LogP contribution >= 0.6 is 0 Å². The zero-order valence-corrected chi connectivity index (χ0v) is 15.9. The summed E-state index contributed by atoms with van der Waals surface area (Å²) in [5.41, 5.74) is 0.535. The van der Waals surface area contributed by atoms with Crippen LogP contribution in [0.1, 0.15) is 23.1 Å². The van der Waals surface area contributed by atoms with E-state index in [0.717, 1.165) is 18.3 Å². The summed E-state index contributed by atoms with van der Waals surface area (Å²) < 4.78 is 44.6. The summed E-state index contributed by atoms with van der Waals surface area (Å²) in [7, 11) is 0. The number of aromatic hydroxyl groups is 1. The molecule has 1 N–H and O–H groups in total. The van der Waals surface area contributed by atoms with E-state index in [1.807, 2.05) is 0 Å². The van der Waals surface area contributed by atoms with E-state index in [1.165, 1.54) is 29.1 Å². The molecule has 2 aromatic heterocycles. The smallest absolute Gasteiger partial charge is 0.242 e. The summed E-state index contributed by atoms with van der Waals surface area (Å²) >= 11 is 0. The Bertz CT molecular complexity index is 1350. The number of benzene rings is 2. The van der Waals surface area contributed by atoms with E-state index < -0.39 is 40.6 Å². The summed E-state index contributed by atoms with van der Waals surface area (Å²) in [4.78, 5) is 16.3. The summed E-state index contributed by atoms with van der Waals surface area (Å²) in [5, 5.41) is 14.7. The monoisotopic (exact) mass is 424 g/mol. The van der Waals surface area contributed by atoms with Gasteiger partial charge in [-0.15, -0.1) is 0 Å². The zero-order chi connectivity index (χ0) is 21.7. The molecular formula is C22H15F3N4O2. The molecule has 5 rings (SSSR count). The molecule has 31 heavy (non-hydrogen) atoms. The number of hydrogen-bond donors (Lipinski definition) is 1. The van der Waals surface area contributed by atoms with Gasteiger partial charge in [-0.25, -0.2) is 18.2 Å². The lowest BCUT2D eigenvalue weighted by molar-refractivity contribution is 0.330. The molecule has 0 saturated heterocycles. The maximum absolute atomic E-state index is 14.1. The molecule has 0 aliphatic carbocycles. The van der Waals surface area contributed by atoms with Crippen LogP contribution in [-0.4, -0.2) is 24.4 Å². The van der Waals surface area contributed by atoms with Gasteiger partial charge in [0, 0.05) is 24.9 Å². The van der Waals surface area contributed by atoms with Crippen molar-refractivity contribution in [3.8, 4) is 17.3 Å². The summed E-state index contributed by atoms with van der Waals surface area (Å²) in [6, 6.07) is 8.71. The van der Waals surface area contributed by atoms with Crippen molar-refractivity contribution in [3.05, 3.63) is 99.9 Å². The van der Waals surface area contributed by atoms with Gasteiger partial charge >= 0.3 is 0 Å². The summed E-state index contributed by atoms with van der Waals surface area (Å²) in [5.74, 6) is -3.17. The van der Waals surface area contributed by atoms with Crippen LogP contribution in [0.2, 0.25) is 0 Å². The average Bonchev–Trinajstić information content (AvgIpc) is 3.23. The Balaban J connectivity index is 1.76. The minimum absolute atomic E-state index is 0.128. The number of aromatic nitrogens is 4. The van der Waals surface area contributed by atoms with Crippen molar-refractivity contribution in [2.45, 2.75) is 18.5 Å². The van der Waals surface area contributed by atoms with Gasteiger partial charge in [0.2, 0.25) is 5.43 Å². The molecule has 156 valence electrons. The van der Waals surface area contributed by atoms with Crippen LogP contribution in [0, 0.1) is 17.5 Å². The van der Waals surface area contributed by atoms with Crippen molar-refractivity contribution in [1.29, 1.82) is 0 Å². The standard InChI is InChI=1S/C22H15F3N4O2/c23-14-4-1-12(2-5-14)19(13-3-6-15(24)16(25)9-13)17-11-28-8-7-26-22(28)20-21(31)18(30)10-27-29(17)20/h1-10,17,19,31H,11H2/t17-,19+/m1/s1. The van der Waals surface area contributed by atoms with Crippen LogP contribution in [0.3, 0.4) is 0 Å². The fourth-order valence-corrected chi connectivity index (χ4v) is 4.13.